The van der Waals surface area contributed by atoms with Crippen LogP contribution in [0.1, 0.15) is 31.1 Å². The summed E-state index contributed by atoms with van der Waals surface area (Å²) < 4.78 is 7.14. The third kappa shape index (κ3) is 4.48. The van der Waals surface area contributed by atoms with Gasteiger partial charge < -0.3 is 19.9 Å². The largest absolute Gasteiger partial charge is 0.497 e. The van der Waals surface area contributed by atoms with E-state index in [4.69, 9.17) is 4.74 Å². The molecule has 2 heterocycles. The van der Waals surface area contributed by atoms with E-state index in [1.54, 1.807) is 37.5 Å². The number of aromatic nitrogens is 1. The van der Waals surface area contributed by atoms with Gasteiger partial charge in [-0.25, -0.2) is 9.69 Å². The van der Waals surface area contributed by atoms with Crippen LogP contribution >= 0.6 is 0 Å². The number of urea groups is 1. The number of ether oxygens (including phenoxy) is 1. The van der Waals surface area contributed by atoms with Crippen LogP contribution in [0.2, 0.25) is 0 Å². The summed E-state index contributed by atoms with van der Waals surface area (Å²) in [5.41, 5.74) is 2.56. The number of amides is 4. The van der Waals surface area contributed by atoms with E-state index in [9.17, 15) is 14.4 Å². The molecule has 0 aliphatic carbocycles. The highest BCUT2D eigenvalue weighted by atomic mass is 16.5. The lowest BCUT2D eigenvalue weighted by Crippen LogP contribution is -2.38. The Hall–Kier alpha value is -3.55. The molecular formula is C21H24N4O4. The van der Waals surface area contributed by atoms with Gasteiger partial charge in [0.15, 0.2) is 0 Å². The number of hydrogen-bond donors (Lipinski definition) is 2. The van der Waals surface area contributed by atoms with E-state index in [-0.39, 0.29) is 18.3 Å². The van der Waals surface area contributed by atoms with Crippen LogP contribution in [-0.2, 0) is 9.59 Å². The number of carbonyl (C=O) groups excluding carboxylic acids is 3. The maximum Gasteiger partial charge on any atom is 0.329 e. The number of aryl methyl sites for hydroxylation is 1. The topological polar surface area (TPSA) is 92.7 Å². The van der Waals surface area contributed by atoms with Crippen LogP contribution in [0.5, 0.6) is 5.75 Å². The van der Waals surface area contributed by atoms with Crippen molar-refractivity contribution < 1.29 is 19.1 Å². The van der Waals surface area contributed by atoms with Crippen molar-refractivity contribution in [3.8, 4) is 5.75 Å². The molecule has 0 saturated carbocycles. The molecule has 8 heteroatoms. The van der Waals surface area contributed by atoms with Crippen LogP contribution in [-0.4, -0.2) is 41.0 Å². The van der Waals surface area contributed by atoms with Crippen molar-refractivity contribution in [1.82, 2.24) is 14.8 Å². The van der Waals surface area contributed by atoms with Crippen LogP contribution < -0.4 is 15.4 Å². The Morgan fingerprint density at radius 1 is 1.24 bits per heavy atom. The first kappa shape index (κ1) is 20.2. The smallest absolute Gasteiger partial charge is 0.329 e. The monoisotopic (exact) mass is 396 g/mol. The molecule has 0 bridgehead atoms. The molecule has 152 valence electrons. The second-order valence-corrected chi connectivity index (χ2v) is 7.07. The molecule has 1 aromatic heterocycles. The fraction of sp³-hybridized carbons (Fsp3) is 0.286. The standard InChI is InChI=1S/C21H24N4O4/c1-13(2)24-11-15(9-14(24)3)10-18-20(27)25(21(28)23-18)12-19(26)22-16-5-7-17(29-4)8-6-16/h5-11,13H,12H2,1-4H3,(H,22,26)(H,23,28)/b18-10+. The van der Waals surface area contributed by atoms with Crippen molar-refractivity contribution in [3.05, 3.63) is 53.5 Å². The predicted octanol–water partition coefficient (Wildman–Crippen LogP) is 2.92. The summed E-state index contributed by atoms with van der Waals surface area (Å²) in [4.78, 5) is 37.9. The Bertz CT molecular complexity index is 973. The normalized spacial score (nSPS) is 15.2. The molecule has 1 saturated heterocycles. The van der Waals surface area contributed by atoms with Gasteiger partial charge in [-0.3, -0.25) is 9.59 Å². The van der Waals surface area contributed by atoms with E-state index in [2.05, 4.69) is 29.0 Å². The summed E-state index contributed by atoms with van der Waals surface area (Å²) in [5, 5.41) is 5.20. The SMILES string of the molecule is COc1ccc(NC(=O)CN2C(=O)N/C(=C/c3cc(C)n(C(C)C)c3)C2=O)cc1. The van der Waals surface area contributed by atoms with Crippen LogP contribution in [0.25, 0.3) is 6.08 Å². The molecule has 0 unspecified atom stereocenters. The molecule has 3 rings (SSSR count). The molecule has 4 amide bonds. The minimum Gasteiger partial charge on any atom is -0.497 e. The molecule has 2 aromatic rings. The molecule has 1 aromatic carbocycles. The Labute approximate surface area is 169 Å². The van der Waals surface area contributed by atoms with Crippen molar-refractivity contribution >= 4 is 29.6 Å². The van der Waals surface area contributed by atoms with Gasteiger partial charge in [-0.1, -0.05) is 0 Å². The highest BCUT2D eigenvalue weighted by molar-refractivity contribution is 6.15. The van der Waals surface area contributed by atoms with E-state index < -0.39 is 17.8 Å². The van der Waals surface area contributed by atoms with E-state index in [1.807, 2.05) is 19.2 Å². The number of nitrogens with one attached hydrogen (secondary N) is 2. The first-order chi connectivity index (χ1) is 13.8. The lowest BCUT2D eigenvalue weighted by Gasteiger charge is -2.12. The average molecular weight is 396 g/mol. The number of rotatable bonds is 6. The lowest BCUT2D eigenvalue weighted by atomic mass is 10.2. The van der Waals surface area contributed by atoms with Crippen molar-refractivity contribution in [2.45, 2.75) is 26.8 Å². The van der Waals surface area contributed by atoms with Crippen LogP contribution in [0.4, 0.5) is 10.5 Å². The highest BCUT2D eigenvalue weighted by Crippen LogP contribution is 2.19. The van der Waals surface area contributed by atoms with Crippen molar-refractivity contribution in [1.29, 1.82) is 0 Å². The van der Waals surface area contributed by atoms with Crippen LogP contribution in [0, 0.1) is 6.92 Å². The van der Waals surface area contributed by atoms with Gasteiger partial charge in [-0.15, -0.1) is 0 Å². The summed E-state index contributed by atoms with van der Waals surface area (Å²) in [6.45, 7) is 5.73. The molecule has 29 heavy (non-hydrogen) atoms. The first-order valence-corrected chi connectivity index (χ1v) is 9.25. The molecule has 8 nitrogen and oxygen atoms in total. The number of carbonyl (C=O) groups is 3. The third-order valence-electron chi connectivity index (χ3n) is 4.58. The molecule has 0 spiro atoms. The van der Waals surface area contributed by atoms with E-state index in [1.165, 1.54) is 0 Å². The zero-order chi connectivity index (χ0) is 21.1. The predicted molar refractivity (Wildman–Crippen MR) is 109 cm³/mol. The molecule has 1 fully saturated rings. The van der Waals surface area contributed by atoms with Crippen molar-refractivity contribution in [3.63, 3.8) is 0 Å². The lowest BCUT2D eigenvalue weighted by molar-refractivity contribution is -0.127. The molecule has 2 N–H and O–H groups in total. The Morgan fingerprint density at radius 3 is 2.52 bits per heavy atom. The van der Waals surface area contributed by atoms with Crippen LogP contribution in [0.15, 0.2) is 42.2 Å². The minimum atomic E-state index is -0.619. The minimum absolute atomic E-state index is 0.146. The second-order valence-electron chi connectivity index (χ2n) is 7.07. The number of nitrogens with zero attached hydrogens (tertiary/aromatic N) is 2. The molecule has 0 atom stereocenters. The molecule has 1 aliphatic rings. The van der Waals surface area contributed by atoms with Gasteiger partial charge in [0.1, 0.15) is 18.0 Å². The summed E-state index contributed by atoms with van der Waals surface area (Å²) in [5.74, 6) is -0.343. The number of methoxy groups -OCH3 is 1. The summed E-state index contributed by atoms with van der Waals surface area (Å²) in [6, 6.07) is 8.36. The number of benzene rings is 1. The maximum absolute atomic E-state index is 12.6. The maximum atomic E-state index is 12.6. The van der Waals surface area contributed by atoms with Gasteiger partial charge in [0.05, 0.1) is 7.11 Å². The van der Waals surface area contributed by atoms with Gasteiger partial charge >= 0.3 is 6.03 Å². The molecule has 1 aliphatic heterocycles. The summed E-state index contributed by atoms with van der Waals surface area (Å²) >= 11 is 0. The highest BCUT2D eigenvalue weighted by Gasteiger charge is 2.35. The van der Waals surface area contributed by atoms with Gasteiger partial charge in [-0.2, -0.15) is 0 Å². The van der Waals surface area contributed by atoms with Gasteiger partial charge in [0.25, 0.3) is 5.91 Å². The third-order valence-corrected chi connectivity index (χ3v) is 4.58. The average Bonchev–Trinajstić information content (AvgIpc) is 3.17. The molecule has 0 radical (unpaired) electrons. The first-order valence-electron chi connectivity index (χ1n) is 9.25. The quantitative estimate of drug-likeness (QED) is 0.580. The Kier molecular flexibility index (Phi) is 5.72. The zero-order valence-corrected chi connectivity index (χ0v) is 16.9. The van der Waals surface area contributed by atoms with Crippen molar-refractivity contribution in [2.75, 3.05) is 19.0 Å². The number of anilines is 1. The fourth-order valence-corrected chi connectivity index (χ4v) is 3.15. The van der Waals surface area contributed by atoms with Gasteiger partial charge in [0.2, 0.25) is 5.91 Å². The summed E-state index contributed by atoms with van der Waals surface area (Å²) in [7, 11) is 1.55. The Balaban J connectivity index is 1.68. The molecular weight excluding hydrogens is 372 g/mol. The Morgan fingerprint density at radius 2 is 1.93 bits per heavy atom. The van der Waals surface area contributed by atoms with Crippen molar-refractivity contribution in [2.24, 2.45) is 0 Å². The van der Waals surface area contributed by atoms with E-state index in [0.29, 0.717) is 11.4 Å². The second kappa shape index (κ2) is 8.22. The van der Waals surface area contributed by atoms with Crippen LogP contribution in [0.3, 0.4) is 0 Å². The number of imide groups is 1. The number of hydrogen-bond acceptors (Lipinski definition) is 4. The zero-order valence-electron chi connectivity index (χ0n) is 16.9. The van der Waals surface area contributed by atoms with Gasteiger partial charge in [0, 0.05) is 23.6 Å². The van der Waals surface area contributed by atoms with Gasteiger partial charge in [-0.05, 0) is 62.7 Å². The summed E-state index contributed by atoms with van der Waals surface area (Å²) in [6.07, 6.45) is 3.54. The van der Waals surface area contributed by atoms with E-state index >= 15 is 0 Å². The fourth-order valence-electron chi connectivity index (χ4n) is 3.15. The van der Waals surface area contributed by atoms with E-state index in [0.717, 1.165) is 16.2 Å².